The van der Waals surface area contributed by atoms with Gasteiger partial charge in [-0.15, -0.1) is 0 Å². The standard InChI is InChI=1S/C16H23NO2/c1-18-15-5-3-2-4-14(15)16(8-10-19-11-9-16)12-17-13-6-7-13/h2-5,13,17H,6-12H2,1H3. The van der Waals surface area contributed by atoms with Crippen molar-refractivity contribution < 1.29 is 9.47 Å². The Hall–Kier alpha value is -1.06. The molecule has 2 fully saturated rings. The fourth-order valence-electron chi connectivity index (χ4n) is 3.01. The molecule has 3 nitrogen and oxygen atoms in total. The molecule has 0 atom stereocenters. The van der Waals surface area contributed by atoms with Crippen LogP contribution in [0, 0.1) is 0 Å². The van der Waals surface area contributed by atoms with E-state index in [1.54, 1.807) is 7.11 Å². The summed E-state index contributed by atoms with van der Waals surface area (Å²) >= 11 is 0. The van der Waals surface area contributed by atoms with Gasteiger partial charge in [-0.05, 0) is 31.7 Å². The first-order valence-electron chi connectivity index (χ1n) is 7.29. The zero-order valence-corrected chi connectivity index (χ0v) is 11.7. The van der Waals surface area contributed by atoms with Gasteiger partial charge < -0.3 is 14.8 Å². The van der Waals surface area contributed by atoms with Gasteiger partial charge in [0, 0.05) is 36.8 Å². The van der Waals surface area contributed by atoms with Crippen molar-refractivity contribution in [1.29, 1.82) is 0 Å². The van der Waals surface area contributed by atoms with Gasteiger partial charge in [0.2, 0.25) is 0 Å². The number of benzene rings is 1. The molecule has 1 heterocycles. The largest absolute Gasteiger partial charge is 0.496 e. The highest BCUT2D eigenvalue weighted by molar-refractivity contribution is 5.40. The summed E-state index contributed by atoms with van der Waals surface area (Å²) < 4.78 is 11.2. The molecule has 1 aromatic carbocycles. The van der Waals surface area contributed by atoms with E-state index >= 15 is 0 Å². The SMILES string of the molecule is COc1ccccc1C1(CNC2CC2)CCOCC1. The van der Waals surface area contributed by atoms with Crippen molar-refractivity contribution >= 4 is 0 Å². The third-order valence-corrected chi connectivity index (χ3v) is 4.43. The first-order valence-corrected chi connectivity index (χ1v) is 7.29. The van der Waals surface area contributed by atoms with Crippen molar-refractivity contribution in [2.45, 2.75) is 37.1 Å². The van der Waals surface area contributed by atoms with Crippen LogP contribution in [0.2, 0.25) is 0 Å². The van der Waals surface area contributed by atoms with Crippen molar-refractivity contribution in [1.82, 2.24) is 5.32 Å². The van der Waals surface area contributed by atoms with Crippen LogP contribution in [-0.4, -0.2) is 32.9 Å². The van der Waals surface area contributed by atoms with Crippen LogP contribution >= 0.6 is 0 Å². The van der Waals surface area contributed by atoms with Crippen LogP contribution in [0.5, 0.6) is 5.75 Å². The first kappa shape index (κ1) is 12.9. The maximum absolute atomic E-state index is 5.58. The highest BCUT2D eigenvalue weighted by Gasteiger charge is 2.37. The van der Waals surface area contributed by atoms with Crippen LogP contribution in [0.25, 0.3) is 0 Å². The first-order chi connectivity index (χ1) is 9.34. The zero-order valence-electron chi connectivity index (χ0n) is 11.7. The molecule has 0 spiro atoms. The number of hydrogen-bond donors (Lipinski definition) is 1. The minimum absolute atomic E-state index is 0.174. The van der Waals surface area contributed by atoms with Gasteiger partial charge in [0.15, 0.2) is 0 Å². The van der Waals surface area contributed by atoms with Crippen LogP contribution in [-0.2, 0) is 10.2 Å². The molecule has 1 aliphatic heterocycles. The fourth-order valence-corrected chi connectivity index (χ4v) is 3.01. The Labute approximate surface area is 115 Å². The van der Waals surface area contributed by atoms with E-state index in [4.69, 9.17) is 9.47 Å². The van der Waals surface area contributed by atoms with Crippen molar-refractivity contribution in [2.75, 3.05) is 26.9 Å². The Bertz CT molecular complexity index is 423. The van der Waals surface area contributed by atoms with Gasteiger partial charge in [0.05, 0.1) is 7.11 Å². The minimum atomic E-state index is 0.174. The molecule has 1 saturated heterocycles. The Kier molecular flexibility index (Phi) is 3.76. The molecular weight excluding hydrogens is 238 g/mol. The van der Waals surface area contributed by atoms with E-state index in [-0.39, 0.29) is 5.41 Å². The van der Waals surface area contributed by atoms with Crippen LogP contribution in [0.1, 0.15) is 31.2 Å². The molecule has 1 N–H and O–H groups in total. The number of ether oxygens (including phenoxy) is 2. The predicted molar refractivity (Wildman–Crippen MR) is 75.7 cm³/mol. The summed E-state index contributed by atoms with van der Waals surface area (Å²) in [6.07, 6.45) is 4.82. The molecule has 104 valence electrons. The van der Waals surface area contributed by atoms with E-state index in [0.717, 1.165) is 44.4 Å². The van der Waals surface area contributed by atoms with Gasteiger partial charge in [-0.25, -0.2) is 0 Å². The van der Waals surface area contributed by atoms with E-state index in [9.17, 15) is 0 Å². The lowest BCUT2D eigenvalue weighted by Crippen LogP contribution is -2.43. The topological polar surface area (TPSA) is 30.5 Å². The van der Waals surface area contributed by atoms with Crippen molar-refractivity contribution in [3.63, 3.8) is 0 Å². The smallest absolute Gasteiger partial charge is 0.122 e. The van der Waals surface area contributed by atoms with Crippen LogP contribution in [0.4, 0.5) is 0 Å². The van der Waals surface area contributed by atoms with Gasteiger partial charge in [-0.1, -0.05) is 18.2 Å². The Morgan fingerprint density at radius 1 is 1.26 bits per heavy atom. The fraction of sp³-hybridized carbons (Fsp3) is 0.625. The summed E-state index contributed by atoms with van der Waals surface area (Å²) in [7, 11) is 1.76. The van der Waals surface area contributed by atoms with Crippen LogP contribution in [0.15, 0.2) is 24.3 Å². The zero-order chi connectivity index (χ0) is 13.1. The van der Waals surface area contributed by atoms with Crippen molar-refractivity contribution in [3.8, 4) is 5.75 Å². The number of methoxy groups -OCH3 is 1. The molecule has 0 bridgehead atoms. The quantitative estimate of drug-likeness (QED) is 0.883. The number of nitrogens with one attached hydrogen (secondary N) is 1. The average Bonchev–Trinajstić information content (AvgIpc) is 3.30. The summed E-state index contributed by atoms with van der Waals surface area (Å²) in [5, 5.41) is 3.71. The molecule has 1 aromatic rings. The lowest BCUT2D eigenvalue weighted by atomic mass is 9.73. The van der Waals surface area contributed by atoms with Gasteiger partial charge in [-0.3, -0.25) is 0 Å². The molecule has 0 unspecified atom stereocenters. The normalized spacial score (nSPS) is 22.2. The Morgan fingerprint density at radius 2 is 2.00 bits per heavy atom. The summed E-state index contributed by atoms with van der Waals surface area (Å²) in [5.41, 5.74) is 1.52. The second-order valence-electron chi connectivity index (χ2n) is 5.75. The maximum Gasteiger partial charge on any atom is 0.122 e. The second kappa shape index (κ2) is 5.51. The molecule has 1 saturated carbocycles. The Balaban J connectivity index is 1.87. The van der Waals surface area contributed by atoms with Gasteiger partial charge >= 0.3 is 0 Å². The minimum Gasteiger partial charge on any atom is -0.496 e. The summed E-state index contributed by atoms with van der Waals surface area (Å²) in [6, 6.07) is 9.20. The van der Waals surface area contributed by atoms with Gasteiger partial charge in [0.25, 0.3) is 0 Å². The number of hydrogen-bond acceptors (Lipinski definition) is 3. The molecule has 0 aromatic heterocycles. The third-order valence-electron chi connectivity index (χ3n) is 4.43. The third kappa shape index (κ3) is 2.77. The summed E-state index contributed by atoms with van der Waals surface area (Å²) in [5.74, 6) is 1.02. The molecule has 3 rings (SSSR count). The van der Waals surface area contributed by atoms with Crippen LogP contribution in [0.3, 0.4) is 0 Å². The molecule has 0 amide bonds. The molecule has 19 heavy (non-hydrogen) atoms. The molecule has 1 aliphatic carbocycles. The van der Waals surface area contributed by atoms with E-state index in [0.29, 0.717) is 0 Å². The van der Waals surface area contributed by atoms with Gasteiger partial charge in [0.1, 0.15) is 5.75 Å². The molecule has 2 aliphatic rings. The lowest BCUT2D eigenvalue weighted by molar-refractivity contribution is 0.0489. The number of rotatable bonds is 5. The van der Waals surface area contributed by atoms with Gasteiger partial charge in [-0.2, -0.15) is 0 Å². The number of para-hydroxylation sites is 1. The van der Waals surface area contributed by atoms with Crippen molar-refractivity contribution in [2.24, 2.45) is 0 Å². The highest BCUT2D eigenvalue weighted by atomic mass is 16.5. The second-order valence-corrected chi connectivity index (χ2v) is 5.75. The highest BCUT2D eigenvalue weighted by Crippen LogP contribution is 2.39. The van der Waals surface area contributed by atoms with Crippen LogP contribution < -0.4 is 10.1 Å². The summed E-state index contributed by atoms with van der Waals surface area (Å²) in [6.45, 7) is 2.75. The van der Waals surface area contributed by atoms with E-state index in [1.807, 2.05) is 6.07 Å². The van der Waals surface area contributed by atoms with E-state index in [2.05, 4.69) is 23.5 Å². The average molecular weight is 261 g/mol. The molecular formula is C16H23NO2. The summed E-state index contributed by atoms with van der Waals surface area (Å²) in [4.78, 5) is 0. The lowest BCUT2D eigenvalue weighted by Gasteiger charge is -2.38. The van der Waals surface area contributed by atoms with E-state index < -0.39 is 0 Å². The monoisotopic (exact) mass is 261 g/mol. The van der Waals surface area contributed by atoms with Crippen molar-refractivity contribution in [3.05, 3.63) is 29.8 Å². The molecule has 3 heteroatoms. The predicted octanol–water partition coefficient (Wildman–Crippen LogP) is 2.50. The van der Waals surface area contributed by atoms with E-state index in [1.165, 1.54) is 18.4 Å². The molecule has 0 radical (unpaired) electrons. The maximum atomic E-state index is 5.58. The Morgan fingerprint density at radius 3 is 2.68 bits per heavy atom.